The third-order valence-corrected chi connectivity index (χ3v) is 3.28. The average Bonchev–Trinajstić information content (AvgIpc) is 2.59. The van der Waals surface area contributed by atoms with Crippen molar-refractivity contribution in [3.63, 3.8) is 0 Å². The number of hydrogen-bond donors (Lipinski definition) is 1. The van der Waals surface area contributed by atoms with Gasteiger partial charge >= 0.3 is 0 Å². The van der Waals surface area contributed by atoms with Crippen LogP contribution in [0.2, 0.25) is 5.02 Å². The number of hydrogen-bond acceptors (Lipinski definition) is 5. The predicted molar refractivity (Wildman–Crippen MR) is 90.4 cm³/mol. The first-order chi connectivity index (χ1) is 11.5. The summed E-state index contributed by atoms with van der Waals surface area (Å²) in [7, 11) is 0. The molecule has 2 aromatic carbocycles. The molecule has 2 rings (SSSR count). The van der Waals surface area contributed by atoms with Crippen LogP contribution in [0.5, 0.6) is 5.75 Å². The maximum Gasteiger partial charge on any atom is 0.277 e. The van der Waals surface area contributed by atoms with Gasteiger partial charge in [-0.2, -0.15) is 5.10 Å². The van der Waals surface area contributed by atoms with Gasteiger partial charge in [0.1, 0.15) is 5.75 Å². The van der Waals surface area contributed by atoms with Crippen LogP contribution < -0.4 is 10.2 Å². The number of nitro groups is 1. The molecule has 7 nitrogen and oxygen atoms in total. The molecule has 0 saturated carbocycles. The molecule has 124 valence electrons. The molecular formula is C16H14ClN3O4. The quantitative estimate of drug-likeness (QED) is 0.493. The number of rotatable bonds is 6. The van der Waals surface area contributed by atoms with Gasteiger partial charge in [0.15, 0.2) is 6.61 Å². The first kappa shape index (κ1) is 17.4. The highest BCUT2D eigenvalue weighted by molar-refractivity contribution is 6.30. The zero-order chi connectivity index (χ0) is 17.5. The van der Waals surface area contributed by atoms with E-state index in [0.29, 0.717) is 22.0 Å². The molecular weight excluding hydrogens is 334 g/mol. The predicted octanol–water partition coefficient (Wildman–Crippen LogP) is 3.17. The first-order valence-corrected chi connectivity index (χ1v) is 7.30. The van der Waals surface area contributed by atoms with Crippen LogP contribution in [0.1, 0.15) is 12.5 Å². The second-order valence-electron chi connectivity index (χ2n) is 4.78. The Kier molecular flexibility index (Phi) is 5.86. The van der Waals surface area contributed by atoms with Crippen molar-refractivity contribution in [2.75, 3.05) is 6.61 Å². The van der Waals surface area contributed by atoms with Crippen molar-refractivity contribution in [3.05, 3.63) is 69.2 Å². The molecule has 0 bridgehead atoms. The lowest BCUT2D eigenvalue weighted by molar-refractivity contribution is -0.384. The topological polar surface area (TPSA) is 93.8 Å². The summed E-state index contributed by atoms with van der Waals surface area (Å²) in [6.45, 7) is 1.49. The molecule has 2 aromatic rings. The van der Waals surface area contributed by atoms with Gasteiger partial charge in [-0.05, 0) is 48.9 Å². The van der Waals surface area contributed by atoms with Gasteiger partial charge in [0.2, 0.25) is 0 Å². The smallest absolute Gasteiger partial charge is 0.277 e. The molecule has 0 atom stereocenters. The van der Waals surface area contributed by atoms with Crippen molar-refractivity contribution >= 4 is 28.9 Å². The van der Waals surface area contributed by atoms with Crippen molar-refractivity contribution in [1.29, 1.82) is 0 Å². The monoisotopic (exact) mass is 347 g/mol. The van der Waals surface area contributed by atoms with E-state index in [-0.39, 0.29) is 12.3 Å². The lowest BCUT2D eigenvalue weighted by Crippen LogP contribution is -2.25. The van der Waals surface area contributed by atoms with Gasteiger partial charge in [-0.3, -0.25) is 14.9 Å². The number of nitro benzene ring substituents is 1. The lowest BCUT2D eigenvalue weighted by atomic mass is 10.1. The van der Waals surface area contributed by atoms with Gasteiger partial charge in [-0.25, -0.2) is 5.43 Å². The standard InChI is InChI=1S/C16H14ClN3O4/c1-11(12-2-6-14(7-3-12)20(22)23)18-19-16(21)10-24-15-8-4-13(17)5-9-15/h2-9H,10H2,1H3,(H,19,21)/b18-11+. The molecule has 24 heavy (non-hydrogen) atoms. The number of non-ortho nitro benzene ring substituents is 1. The molecule has 0 aliphatic rings. The van der Waals surface area contributed by atoms with E-state index >= 15 is 0 Å². The third-order valence-electron chi connectivity index (χ3n) is 3.03. The Labute approximate surface area is 143 Å². The number of amides is 1. The summed E-state index contributed by atoms with van der Waals surface area (Å²) in [4.78, 5) is 21.8. The first-order valence-electron chi connectivity index (χ1n) is 6.92. The number of ether oxygens (including phenoxy) is 1. The minimum Gasteiger partial charge on any atom is -0.484 e. The number of benzene rings is 2. The fourth-order valence-electron chi connectivity index (χ4n) is 1.75. The molecule has 0 radical (unpaired) electrons. The SMILES string of the molecule is C/C(=N\NC(=O)COc1ccc(Cl)cc1)c1ccc([N+](=O)[O-])cc1. The van der Waals surface area contributed by atoms with E-state index in [2.05, 4.69) is 10.5 Å². The van der Waals surface area contributed by atoms with Crippen LogP contribution in [0, 0.1) is 10.1 Å². The summed E-state index contributed by atoms with van der Waals surface area (Å²) in [5.74, 6) is 0.0943. The summed E-state index contributed by atoms with van der Waals surface area (Å²) in [5, 5.41) is 15.1. The van der Waals surface area contributed by atoms with Crippen molar-refractivity contribution < 1.29 is 14.5 Å². The fourth-order valence-corrected chi connectivity index (χ4v) is 1.87. The molecule has 0 saturated heterocycles. The molecule has 8 heteroatoms. The van der Waals surface area contributed by atoms with E-state index in [0.717, 1.165) is 0 Å². The number of carbonyl (C=O) groups is 1. The molecule has 0 spiro atoms. The maximum atomic E-state index is 11.7. The van der Waals surface area contributed by atoms with Gasteiger partial charge in [0.25, 0.3) is 11.6 Å². The van der Waals surface area contributed by atoms with Crippen molar-refractivity contribution in [2.45, 2.75) is 6.92 Å². The molecule has 0 heterocycles. The van der Waals surface area contributed by atoms with Crippen LogP contribution in [0.15, 0.2) is 53.6 Å². The molecule has 0 aromatic heterocycles. The van der Waals surface area contributed by atoms with Gasteiger partial charge in [-0.1, -0.05) is 11.6 Å². The molecule has 0 aliphatic heterocycles. The average molecular weight is 348 g/mol. The molecule has 1 amide bonds. The zero-order valence-electron chi connectivity index (χ0n) is 12.7. The number of hydrazone groups is 1. The minimum absolute atomic E-state index is 0.00745. The van der Waals surface area contributed by atoms with E-state index < -0.39 is 10.8 Å². The summed E-state index contributed by atoms with van der Waals surface area (Å²) in [6.07, 6.45) is 0. The summed E-state index contributed by atoms with van der Waals surface area (Å²) >= 11 is 5.75. The maximum absolute atomic E-state index is 11.7. The molecule has 0 unspecified atom stereocenters. The Hall–Kier alpha value is -2.93. The Morgan fingerprint density at radius 1 is 1.21 bits per heavy atom. The number of halogens is 1. The number of nitrogens with one attached hydrogen (secondary N) is 1. The lowest BCUT2D eigenvalue weighted by Gasteiger charge is -2.06. The Morgan fingerprint density at radius 3 is 2.42 bits per heavy atom. The zero-order valence-corrected chi connectivity index (χ0v) is 13.5. The highest BCUT2D eigenvalue weighted by Crippen LogP contribution is 2.15. The second kappa shape index (κ2) is 8.07. The van der Waals surface area contributed by atoms with Crippen LogP contribution in [0.3, 0.4) is 0 Å². The molecule has 0 fully saturated rings. The molecule has 1 N–H and O–H groups in total. The van der Waals surface area contributed by atoms with Crippen LogP contribution in [-0.4, -0.2) is 23.1 Å². The summed E-state index contributed by atoms with van der Waals surface area (Å²) < 4.78 is 5.29. The Morgan fingerprint density at radius 2 is 1.83 bits per heavy atom. The van der Waals surface area contributed by atoms with Gasteiger partial charge < -0.3 is 4.74 Å². The van der Waals surface area contributed by atoms with E-state index in [4.69, 9.17) is 16.3 Å². The second-order valence-corrected chi connectivity index (χ2v) is 5.22. The van der Waals surface area contributed by atoms with Crippen LogP contribution in [0.4, 0.5) is 5.69 Å². The third kappa shape index (κ3) is 5.06. The van der Waals surface area contributed by atoms with E-state index in [1.165, 1.54) is 12.1 Å². The minimum atomic E-state index is -0.480. The number of nitrogens with zero attached hydrogens (tertiary/aromatic N) is 2. The van der Waals surface area contributed by atoms with Crippen molar-refractivity contribution in [2.24, 2.45) is 5.10 Å². The van der Waals surface area contributed by atoms with Crippen LogP contribution >= 0.6 is 11.6 Å². The fraction of sp³-hybridized carbons (Fsp3) is 0.125. The highest BCUT2D eigenvalue weighted by Gasteiger charge is 2.06. The van der Waals surface area contributed by atoms with Gasteiger partial charge in [0, 0.05) is 17.2 Å². The molecule has 0 aliphatic carbocycles. The largest absolute Gasteiger partial charge is 0.484 e. The summed E-state index contributed by atoms with van der Waals surface area (Å²) in [6, 6.07) is 12.5. The Balaban J connectivity index is 1.87. The summed E-state index contributed by atoms with van der Waals surface area (Å²) in [5.41, 5.74) is 3.54. The van der Waals surface area contributed by atoms with E-state index in [1.54, 1.807) is 43.3 Å². The normalized spacial score (nSPS) is 11.0. The van der Waals surface area contributed by atoms with Crippen LogP contribution in [-0.2, 0) is 4.79 Å². The highest BCUT2D eigenvalue weighted by atomic mass is 35.5. The van der Waals surface area contributed by atoms with E-state index in [1.807, 2.05) is 0 Å². The van der Waals surface area contributed by atoms with Gasteiger partial charge in [0.05, 0.1) is 10.6 Å². The van der Waals surface area contributed by atoms with E-state index in [9.17, 15) is 14.9 Å². The Bertz CT molecular complexity index is 758. The van der Waals surface area contributed by atoms with Gasteiger partial charge in [-0.15, -0.1) is 0 Å². The van der Waals surface area contributed by atoms with Crippen molar-refractivity contribution in [3.8, 4) is 5.75 Å². The van der Waals surface area contributed by atoms with Crippen molar-refractivity contribution in [1.82, 2.24) is 5.43 Å². The van der Waals surface area contributed by atoms with Crippen LogP contribution in [0.25, 0.3) is 0 Å². The number of carbonyl (C=O) groups excluding carboxylic acids is 1.